The van der Waals surface area contributed by atoms with Crippen molar-refractivity contribution in [2.75, 3.05) is 0 Å². The molecule has 3 rings (SSSR count). The van der Waals surface area contributed by atoms with Gasteiger partial charge in [0, 0.05) is 11.6 Å². The second-order valence-corrected chi connectivity index (χ2v) is 4.06. The number of aromatic nitrogens is 1. The van der Waals surface area contributed by atoms with Gasteiger partial charge in [-0.25, -0.2) is 4.79 Å². The molecule has 0 radical (unpaired) electrons. The minimum Gasteiger partial charge on any atom is -0.420 e. The van der Waals surface area contributed by atoms with Crippen molar-refractivity contribution in [2.24, 2.45) is 0 Å². The lowest BCUT2D eigenvalue weighted by molar-refractivity contribution is 0.554. The van der Waals surface area contributed by atoms with E-state index in [2.05, 4.69) is 0 Å². The van der Waals surface area contributed by atoms with Crippen LogP contribution in [0.25, 0.3) is 16.5 Å². The van der Waals surface area contributed by atoms with Crippen LogP contribution in [0.15, 0.2) is 39.7 Å². The molecule has 0 amide bonds. The summed E-state index contributed by atoms with van der Waals surface area (Å²) in [6.07, 6.45) is 2.68. The second kappa shape index (κ2) is 3.74. The van der Waals surface area contributed by atoms with Crippen molar-refractivity contribution in [1.29, 1.82) is 5.26 Å². The molecule has 0 unspecified atom stereocenters. The first kappa shape index (κ1) is 10.6. The maximum absolute atomic E-state index is 11.6. The minimum atomic E-state index is -0.574. The second-order valence-electron chi connectivity index (χ2n) is 4.06. The molecule has 3 heterocycles. The summed E-state index contributed by atoms with van der Waals surface area (Å²) in [7, 11) is 0. The molecule has 0 bridgehead atoms. The summed E-state index contributed by atoms with van der Waals surface area (Å²) in [6.45, 7) is 2.01. The first-order valence-corrected chi connectivity index (χ1v) is 5.72. The molecule has 0 atom stereocenters. The first-order chi connectivity index (χ1) is 8.76. The summed E-state index contributed by atoms with van der Waals surface area (Å²) >= 11 is 0. The number of hydrogen-bond donors (Lipinski definition) is 0. The van der Waals surface area contributed by atoms with Gasteiger partial charge >= 0.3 is 5.63 Å². The van der Waals surface area contributed by atoms with Crippen LogP contribution >= 0.6 is 0 Å². The predicted molar refractivity (Wildman–Crippen MR) is 67.5 cm³/mol. The number of pyridine rings is 1. The molecule has 4 nitrogen and oxygen atoms in total. The molecule has 0 aliphatic heterocycles. The van der Waals surface area contributed by atoms with Crippen LogP contribution in [0.1, 0.15) is 18.2 Å². The molecule has 3 aromatic heterocycles. The van der Waals surface area contributed by atoms with Crippen molar-refractivity contribution in [3.8, 4) is 6.07 Å². The van der Waals surface area contributed by atoms with Crippen LogP contribution in [0, 0.1) is 11.3 Å². The van der Waals surface area contributed by atoms with Gasteiger partial charge in [-0.05, 0) is 24.6 Å². The van der Waals surface area contributed by atoms with Crippen LogP contribution in [0.3, 0.4) is 0 Å². The third kappa shape index (κ3) is 1.28. The summed E-state index contributed by atoms with van der Waals surface area (Å²) in [5, 5.41) is 9.71. The molecule has 3 aromatic rings. The zero-order valence-corrected chi connectivity index (χ0v) is 9.80. The van der Waals surface area contributed by atoms with Crippen molar-refractivity contribution in [3.05, 3.63) is 52.1 Å². The average molecular weight is 238 g/mol. The van der Waals surface area contributed by atoms with Gasteiger partial charge in [0.1, 0.15) is 11.6 Å². The lowest BCUT2D eigenvalue weighted by Crippen LogP contribution is -2.02. The number of hydrogen-bond acceptors (Lipinski definition) is 3. The summed E-state index contributed by atoms with van der Waals surface area (Å²) in [5.74, 6) is 0. The van der Waals surface area contributed by atoms with Gasteiger partial charge in [0.2, 0.25) is 0 Å². The van der Waals surface area contributed by atoms with Crippen molar-refractivity contribution >= 4 is 16.5 Å². The fourth-order valence-electron chi connectivity index (χ4n) is 2.29. The van der Waals surface area contributed by atoms with E-state index in [1.807, 2.05) is 41.8 Å². The molecule has 18 heavy (non-hydrogen) atoms. The van der Waals surface area contributed by atoms with Crippen molar-refractivity contribution in [2.45, 2.75) is 13.3 Å². The number of nitriles is 1. The number of rotatable bonds is 1. The molecular formula is C14H10N2O2. The molecule has 0 aliphatic carbocycles. The van der Waals surface area contributed by atoms with Crippen molar-refractivity contribution in [1.82, 2.24) is 4.40 Å². The van der Waals surface area contributed by atoms with Gasteiger partial charge in [0.25, 0.3) is 0 Å². The van der Waals surface area contributed by atoms with E-state index >= 15 is 0 Å². The summed E-state index contributed by atoms with van der Waals surface area (Å²) in [4.78, 5) is 11.6. The Bertz CT molecular complexity index is 850. The molecule has 0 saturated carbocycles. The summed E-state index contributed by atoms with van der Waals surface area (Å²) in [6, 6.07) is 9.26. The summed E-state index contributed by atoms with van der Waals surface area (Å²) in [5.41, 5.74) is 1.94. The highest BCUT2D eigenvalue weighted by molar-refractivity contribution is 5.96. The van der Waals surface area contributed by atoms with E-state index in [9.17, 15) is 4.79 Å². The highest BCUT2D eigenvalue weighted by Crippen LogP contribution is 2.26. The van der Waals surface area contributed by atoms with Crippen LogP contribution in [0.5, 0.6) is 0 Å². The Morgan fingerprint density at radius 1 is 1.44 bits per heavy atom. The molecule has 0 fully saturated rings. The minimum absolute atomic E-state index is 0.0431. The molecular weight excluding hydrogens is 228 g/mol. The zero-order valence-electron chi connectivity index (χ0n) is 9.80. The molecule has 0 N–H and O–H groups in total. The van der Waals surface area contributed by atoms with Crippen LogP contribution in [-0.2, 0) is 6.42 Å². The van der Waals surface area contributed by atoms with Crippen molar-refractivity contribution < 1.29 is 4.42 Å². The zero-order chi connectivity index (χ0) is 12.7. The Balaban J connectivity index is 2.61. The third-order valence-corrected chi connectivity index (χ3v) is 3.09. The lowest BCUT2D eigenvalue weighted by Gasteiger charge is -1.97. The SMILES string of the molecule is CCc1c2oc(=O)c(C#N)cc2c2ccccn12. The van der Waals surface area contributed by atoms with Crippen LogP contribution < -0.4 is 5.63 Å². The van der Waals surface area contributed by atoms with E-state index in [-0.39, 0.29) is 5.56 Å². The van der Waals surface area contributed by atoms with Gasteiger partial charge in [0.05, 0.1) is 11.2 Å². The number of nitrogens with zero attached hydrogens (tertiary/aromatic N) is 2. The smallest absolute Gasteiger partial charge is 0.354 e. The average Bonchev–Trinajstić information content (AvgIpc) is 2.70. The normalized spacial score (nSPS) is 10.9. The topological polar surface area (TPSA) is 58.4 Å². The third-order valence-electron chi connectivity index (χ3n) is 3.09. The molecule has 0 saturated heterocycles. The Labute approximate surface area is 103 Å². The molecule has 4 heteroatoms. The maximum atomic E-state index is 11.6. The van der Waals surface area contributed by atoms with E-state index in [4.69, 9.17) is 9.68 Å². The van der Waals surface area contributed by atoms with E-state index in [1.54, 1.807) is 6.07 Å². The Morgan fingerprint density at radius 3 is 3.00 bits per heavy atom. The first-order valence-electron chi connectivity index (χ1n) is 5.72. The Kier molecular flexibility index (Phi) is 2.20. The maximum Gasteiger partial charge on any atom is 0.354 e. The van der Waals surface area contributed by atoms with Gasteiger partial charge in [0.15, 0.2) is 5.58 Å². The molecule has 88 valence electrons. The van der Waals surface area contributed by atoms with E-state index in [0.29, 0.717) is 5.58 Å². The fourth-order valence-corrected chi connectivity index (χ4v) is 2.29. The van der Waals surface area contributed by atoms with Gasteiger partial charge in [-0.1, -0.05) is 13.0 Å². The standard InChI is InChI=1S/C14H10N2O2/c1-2-11-13-10(7-9(8-15)14(17)18-13)12-5-3-4-6-16(11)12/h3-7H,2H2,1H3. The van der Waals surface area contributed by atoms with Gasteiger partial charge in [-0.15, -0.1) is 0 Å². The monoisotopic (exact) mass is 238 g/mol. The van der Waals surface area contributed by atoms with Crippen LogP contribution in [-0.4, -0.2) is 4.40 Å². The fraction of sp³-hybridized carbons (Fsp3) is 0.143. The molecule has 0 spiro atoms. The van der Waals surface area contributed by atoms with Crippen LogP contribution in [0.2, 0.25) is 0 Å². The van der Waals surface area contributed by atoms with Gasteiger partial charge in [-0.3, -0.25) is 0 Å². The Morgan fingerprint density at radius 2 is 2.28 bits per heavy atom. The van der Waals surface area contributed by atoms with E-state index in [0.717, 1.165) is 23.0 Å². The quantitative estimate of drug-likeness (QED) is 0.654. The molecule has 0 aromatic carbocycles. The summed E-state index contributed by atoms with van der Waals surface area (Å²) < 4.78 is 7.29. The predicted octanol–water partition coefficient (Wildman–Crippen LogP) is 2.48. The highest BCUT2D eigenvalue weighted by atomic mass is 16.4. The van der Waals surface area contributed by atoms with Gasteiger partial charge < -0.3 is 8.82 Å². The van der Waals surface area contributed by atoms with Crippen molar-refractivity contribution in [3.63, 3.8) is 0 Å². The molecule has 0 aliphatic rings. The Hall–Kier alpha value is -2.54. The highest BCUT2D eigenvalue weighted by Gasteiger charge is 2.14. The van der Waals surface area contributed by atoms with Gasteiger partial charge in [-0.2, -0.15) is 5.26 Å². The largest absolute Gasteiger partial charge is 0.420 e. The lowest BCUT2D eigenvalue weighted by atomic mass is 10.2. The number of fused-ring (bicyclic) bond motifs is 3. The van der Waals surface area contributed by atoms with Crippen LogP contribution in [0.4, 0.5) is 0 Å². The van der Waals surface area contributed by atoms with E-state index in [1.165, 1.54) is 0 Å². The number of aryl methyl sites for hydroxylation is 1. The van der Waals surface area contributed by atoms with E-state index < -0.39 is 5.63 Å².